The molecule has 0 saturated heterocycles. The molecule has 5 nitrogen and oxygen atoms in total. The van der Waals surface area contributed by atoms with Crippen LogP contribution in [0, 0.1) is 16.7 Å². The molecule has 1 aliphatic carbocycles. The highest BCUT2D eigenvalue weighted by Gasteiger charge is 2.43. The Labute approximate surface area is 118 Å². The second-order valence-electron chi connectivity index (χ2n) is 5.58. The number of nitriles is 1. The lowest BCUT2D eigenvalue weighted by atomic mass is 10.1. The number of carbonyl (C=O) groups is 1. The molecule has 1 saturated carbocycles. The molecule has 1 aromatic rings. The Morgan fingerprint density at radius 2 is 2.20 bits per heavy atom. The summed E-state index contributed by atoms with van der Waals surface area (Å²) < 4.78 is 5.38. The van der Waals surface area contributed by atoms with Crippen LogP contribution in [0.25, 0.3) is 0 Å². The van der Waals surface area contributed by atoms with Crippen LogP contribution in [0.3, 0.4) is 0 Å². The van der Waals surface area contributed by atoms with E-state index in [9.17, 15) is 4.79 Å². The fourth-order valence-electron chi connectivity index (χ4n) is 2.12. The lowest BCUT2D eigenvalue weighted by molar-refractivity contribution is 0.0420. The van der Waals surface area contributed by atoms with Gasteiger partial charge in [0.25, 0.3) is 0 Å². The number of carbonyl (C=O) groups excluding carboxylic acids is 1. The zero-order chi connectivity index (χ0) is 14.8. The Balaban J connectivity index is 2.09. The molecule has 0 atom stereocenters. The normalized spacial score (nSPS) is 15.2. The second kappa shape index (κ2) is 5.41. The van der Waals surface area contributed by atoms with E-state index >= 15 is 0 Å². The van der Waals surface area contributed by atoms with Crippen molar-refractivity contribution in [3.63, 3.8) is 0 Å². The number of nitrogens with zero attached hydrogens (tertiary/aromatic N) is 2. The lowest BCUT2D eigenvalue weighted by Gasteiger charge is -2.18. The van der Waals surface area contributed by atoms with Crippen LogP contribution in [0.1, 0.15) is 29.6 Å². The summed E-state index contributed by atoms with van der Waals surface area (Å²) in [5, 5.41) is 8.76. The Bertz CT molecular complexity index is 557. The highest BCUT2D eigenvalue weighted by molar-refractivity contribution is 5.97. The van der Waals surface area contributed by atoms with Gasteiger partial charge >= 0.3 is 5.97 Å². The highest BCUT2D eigenvalue weighted by atomic mass is 16.5. The average Bonchev–Trinajstić information content (AvgIpc) is 3.16. The van der Waals surface area contributed by atoms with Gasteiger partial charge < -0.3 is 15.4 Å². The molecule has 0 amide bonds. The van der Waals surface area contributed by atoms with Crippen LogP contribution in [0.15, 0.2) is 18.2 Å². The number of rotatable bonds is 5. The number of benzene rings is 1. The zero-order valence-corrected chi connectivity index (χ0v) is 11.8. The van der Waals surface area contributed by atoms with Gasteiger partial charge in [0.15, 0.2) is 0 Å². The van der Waals surface area contributed by atoms with Gasteiger partial charge in [-0.2, -0.15) is 5.26 Å². The Morgan fingerprint density at radius 3 is 2.75 bits per heavy atom. The molecule has 5 heteroatoms. The van der Waals surface area contributed by atoms with Gasteiger partial charge in [0, 0.05) is 31.6 Å². The molecular formula is C15H19N3O2. The van der Waals surface area contributed by atoms with E-state index in [0.717, 1.165) is 18.5 Å². The number of nitrogens with two attached hydrogens (primary N) is 1. The molecule has 20 heavy (non-hydrogen) atoms. The van der Waals surface area contributed by atoms with Crippen LogP contribution in [-0.4, -0.2) is 26.7 Å². The number of nitrogen functional groups attached to an aromatic ring is 1. The fourth-order valence-corrected chi connectivity index (χ4v) is 2.12. The smallest absolute Gasteiger partial charge is 0.340 e. The van der Waals surface area contributed by atoms with Crippen LogP contribution in [0.2, 0.25) is 0 Å². The second-order valence-corrected chi connectivity index (χ2v) is 5.58. The standard InChI is InChI=1S/C15H19N3O2/c1-18(2)13-4-3-11(17)9-12(13)14(19)20-10-15(5-6-15)7-8-16/h3-4,9H,5-7,10,17H2,1-2H3. The largest absolute Gasteiger partial charge is 0.461 e. The molecule has 2 rings (SSSR count). The Hall–Kier alpha value is -2.22. The van der Waals surface area contributed by atoms with Crippen molar-refractivity contribution in [1.29, 1.82) is 5.26 Å². The van der Waals surface area contributed by atoms with Crippen LogP contribution in [-0.2, 0) is 4.74 Å². The quantitative estimate of drug-likeness (QED) is 0.657. The van der Waals surface area contributed by atoms with E-state index < -0.39 is 0 Å². The molecule has 2 N–H and O–H groups in total. The van der Waals surface area contributed by atoms with Crippen molar-refractivity contribution in [1.82, 2.24) is 0 Å². The van der Waals surface area contributed by atoms with E-state index in [1.807, 2.05) is 19.0 Å². The van der Waals surface area contributed by atoms with Crippen molar-refractivity contribution in [3.8, 4) is 6.07 Å². The van der Waals surface area contributed by atoms with Gasteiger partial charge in [-0.1, -0.05) is 0 Å². The molecule has 1 aliphatic rings. The van der Waals surface area contributed by atoms with Gasteiger partial charge in [-0.05, 0) is 31.0 Å². The maximum Gasteiger partial charge on any atom is 0.340 e. The van der Waals surface area contributed by atoms with Crippen LogP contribution in [0.5, 0.6) is 0 Å². The van der Waals surface area contributed by atoms with E-state index in [-0.39, 0.29) is 11.4 Å². The topological polar surface area (TPSA) is 79.3 Å². The molecule has 0 unspecified atom stereocenters. The van der Waals surface area contributed by atoms with Gasteiger partial charge in [0.2, 0.25) is 0 Å². The molecule has 0 spiro atoms. The predicted octanol–water partition coefficient (Wildman–Crippen LogP) is 2.19. The number of hydrogen-bond acceptors (Lipinski definition) is 5. The third-order valence-corrected chi connectivity index (χ3v) is 3.64. The average molecular weight is 273 g/mol. The molecule has 0 aromatic heterocycles. The first kappa shape index (κ1) is 14.2. The van der Waals surface area contributed by atoms with Gasteiger partial charge in [0.05, 0.1) is 23.9 Å². The highest BCUT2D eigenvalue weighted by Crippen LogP contribution is 2.48. The van der Waals surface area contributed by atoms with Crippen molar-refractivity contribution in [3.05, 3.63) is 23.8 Å². The summed E-state index contributed by atoms with van der Waals surface area (Å²) in [6, 6.07) is 7.33. The van der Waals surface area contributed by atoms with Crippen molar-refractivity contribution in [2.45, 2.75) is 19.3 Å². The number of hydrogen-bond donors (Lipinski definition) is 1. The first-order valence-electron chi connectivity index (χ1n) is 6.58. The van der Waals surface area contributed by atoms with Gasteiger partial charge in [0.1, 0.15) is 0 Å². The molecule has 0 aliphatic heterocycles. The summed E-state index contributed by atoms with van der Waals surface area (Å²) in [4.78, 5) is 14.1. The Kier molecular flexibility index (Phi) is 3.84. The van der Waals surface area contributed by atoms with E-state index in [1.54, 1.807) is 18.2 Å². The first-order valence-corrected chi connectivity index (χ1v) is 6.58. The lowest BCUT2D eigenvalue weighted by Crippen LogP contribution is -2.19. The summed E-state index contributed by atoms with van der Waals surface area (Å²) in [6.45, 7) is 0.307. The van der Waals surface area contributed by atoms with Gasteiger partial charge in [-0.3, -0.25) is 0 Å². The number of ether oxygens (including phenoxy) is 1. The first-order chi connectivity index (χ1) is 9.47. The third-order valence-electron chi connectivity index (χ3n) is 3.64. The molecule has 0 heterocycles. The van der Waals surface area contributed by atoms with E-state index in [0.29, 0.717) is 24.3 Å². The van der Waals surface area contributed by atoms with Crippen molar-refractivity contribution in [2.24, 2.45) is 5.41 Å². The predicted molar refractivity (Wildman–Crippen MR) is 77.4 cm³/mol. The van der Waals surface area contributed by atoms with Crippen LogP contribution < -0.4 is 10.6 Å². The SMILES string of the molecule is CN(C)c1ccc(N)cc1C(=O)OCC1(CC#N)CC1. The molecule has 0 bridgehead atoms. The van der Waals surface area contributed by atoms with Crippen molar-refractivity contribution >= 4 is 17.3 Å². The molecule has 0 radical (unpaired) electrons. The number of anilines is 2. The Morgan fingerprint density at radius 1 is 1.50 bits per heavy atom. The van der Waals surface area contributed by atoms with E-state index in [2.05, 4.69) is 6.07 Å². The minimum absolute atomic E-state index is 0.108. The summed E-state index contributed by atoms with van der Waals surface area (Å²) in [5.74, 6) is -0.384. The zero-order valence-electron chi connectivity index (χ0n) is 11.8. The van der Waals surface area contributed by atoms with Crippen molar-refractivity contribution < 1.29 is 9.53 Å². The molecule has 1 fully saturated rings. The van der Waals surface area contributed by atoms with Crippen LogP contribution in [0.4, 0.5) is 11.4 Å². The van der Waals surface area contributed by atoms with E-state index in [4.69, 9.17) is 15.7 Å². The fraction of sp³-hybridized carbons (Fsp3) is 0.467. The maximum absolute atomic E-state index is 12.2. The summed E-state index contributed by atoms with van der Waals surface area (Å²) >= 11 is 0. The maximum atomic E-state index is 12.2. The van der Waals surface area contributed by atoms with Gasteiger partial charge in [-0.25, -0.2) is 4.79 Å². The number of esters is 1. The third kappa shape index (κ3) is 3.02. The summed E-state index contributed by atoms with van der Waals surface area (Å²) in [5.41, 5.74) is 7.39. The monoisotopic (exact) mass is 273 g/mol. The summed E-state index contributed by atoms with van der Waals surface area (Å²) in [6.07, 6.45) is 2.34. The molecule has 1 aromatic carbocycles. The summed E-state index contributed by atoms with van der Waals surface area (Å²) in [7, 11) is 3.72. The van der Waals surface area contributed by atoms with Crippen molar-refractivity contribution in [2.75, 3.05) is 31.3 Å². The molecular weight excluding hydrogens is 254 g/mol. The van der Waals surface area contributed by atoms with Crippen LogP contribution >= 0.6 is 0 Å². The van der Waals surface area contributed by atoms with E-state index in [1.165, 1.54) is 0 Å². The minimum atomic E-state index is -0.384. The van der Waals surface area contributed by atoms with Gasteiger partial charge in [-0.15, -0.1) is 0 Å². The minimum Gasteiger partial charge on any atom is -0.461 e. The molecule has 106 valence electrons.